The minimum absolute atomic E-state index is 0.163. The molecule has 3 rings (SSSR count). The third-order valence-electron chi connectivity index (χ3n) is 4.57. The van der Waals surface area contributed by atoms with Gasteiger partial charge in [-0.3, -0.25) is 14.6 Å². The van der Waals surface area contributed by atoms with Crippen molar-refractivity contribution in [2.45, 2.75) is 33.4 Å². The number of furan rings is 1. The third-order valence-corrected chi connectivity index (χ3v) is 4.57. The van der Waals surface area contributed by atoms with E-state index in [0.717, 1.165) is 44.9 Å². The largest absolute Gasteiger partial charge is 0.468 e. The zero-order valence-electron chi connectivity index (χ0n) is 15.6. The Morgan fingerprint density at radius 3 is 2.58 bits per heavy atom. The van der Waals surface area contributed by atoms with Gasteiger partial charge in [-0.05, 0) is 24.5 Å². The lowest BCUT2D eigenvalue weighted by Crippen LogP contribution is -2.45. The highest BCUT2D eigenvalue weighted by atomic mass is 16.3. The van der Waals surface area contributed by atoms with E-state index in [1.807, 2.05) is 12.1 Å². The van der Waals surface area contributed by atoms with Crippen LogP contribution in [-0.2, 0) is 13.1 Å². The van der Waals surface area contributed by atoms with Crippen molar-refractivity contribution in [3.63, 3.8) is 0 Å². The molecule has 1 aliphatic heterocycles. The highest BCUT2D eigenvalue weighted by molar-refractivity contribution is 5.91. The Morgan fingerprint density at radius 1 is 1.19 bits per heavy atom. The fraction of sp³-hybridized carbons (Fsp3) is 0.579. The SMILES string of the molecule is CC(C)CCNC(=O)c1coc(CN2CCN(Cc3ccco3)CC2)n1. The van der Waals surface area contributed by atoms with Gasteiger partial charge in [-0.25, -0.2) is 4.98 Å². The lowest BCUT2D eigenvalue weighted by Gasteiger charge is -2.33. The van der Waals surface area contributed by atoms with E-state index in [1.54, 1.807) is 6.26 Å². The molecule has 7 nitrogen and oxygen atoms in total. The summed E-state index contributed by atoms with van der Waals surface area (Å²) >= 11 is 0. The van der Waals surface area contributed by atoms with E-state index >= 15 is 0 Å². The number of nitrogens with zero attached hydrogens (tertiary/aromatic N) is 3. The first-order valence-corrected chi connectivity index (χ1v) is 9.30. The summed E-state index contributed by atoms with van der Waals surface area (Å²) in [6, 6.07) is 3.93. The molecule has 26 heavy (non-hydrogen) atoms. The lowest BCUT2D eigenvalue weighted by molar-refractivity contribution is 0.0946. The van der Waals surface area contributed by atoms with Gasteiger partial charge in [0.1, 0.15) is 12.0 Å². The molecule has 0 atom stereocenters. The second-order valence-corrected chi connectivity index (χ2v) is 7.20. The summed E-state index contributed by atoms with van der Waals surface area (Å²) in [4.78, 5) is 21.1. The Balaban J connectivity index is 1.41. The Morgan fingerprint density at radius 2 is 1.92 bits per heavy atom. The molecule has 0 aromatic carbocycles. The number of rotatable bonds is 8. The minimum atomic E-state index is -0.163. The van der Waals surface area contributed by atoms with Crippen molar-refractivity contribution in [1.29, 1.82) is 0 Å². The van der Waals surface area contributed by atoms with Crippen molar-refractivity contribution in [3.05, 3.63) is 42.0 Å². The average Bonchev–Trinajstić information content (AvgIpc) is 3.28. The van der Waals surface area contributed by atoms with Crippen LogP contribution < -0.4 is 5.32 Å². The molecule has 0 spiro atoms. The summed E-state index contributed by atoms with van der Waals surface area (Å²) in [6.45, 7) is 10.3. The number of aromatic nitrogens is 1. The van der Waals surface area contributed by atoms with E-state index < -0.39 is 0 Å². The maximum absolute atomic E-state index is 12.1. The molecule has 1 aliphatic rings. The van der Waals surface area contributed by atoms with Crippen LogP contribution in [0.1, 0.15) is 42.4 Å². The van der Waals surface area contributed by atoms with Crippen LogP contribution in [0.5, 0.6) is 0 Å². The fourth-order valence-electron chi connectivity index (χ4n) is 2.97. The molecule has 1 N–H and O–H groups in total. The van der Waals surface area contributed by atoms with Crippen molar-refractivity contribution >= 4 is 5.91 Å². The molecule has 7 heteroatoms. The van der Waals surface area contributed by atoms with Crippen LogP contribution >= 0.6 is 0 Å². The minimum Gasteiger partial charge on any atom is -0.468 e. The van der Waals surface area contributed by atoms with Gasteiger partial charge < -0.3 is 14.2 Å². The Labute approximate surface area is 154 Å². The number of nitrogens with one attached hydrogen (secondary N) is 1. The summed E-state index contributed by atoms with van der Waals surface area (Å²) < 4.78 is 10.9. The zero-order chi connectivity index (χ0) is 18.4. The normalized spacial score (nSPS) is 16.3. The number of carbonyl (C=O) groups is 1. The number of hydrogen-bond donors (Lipinski definition) is 1. The first-order chi connectivity index (χ1) is 12.6. The van der Waals surface area contributed by atoms with Crippen LogP contribution in [0, 0.1) is 5.92 Å². The van der Waals surface area contributed by atoms with Gasteiger partial charge in [0.15, 0.2) is 5.69 Å². The smallest absolute Gasteiger partial charge is 0.273 e. The molecule has 0 aliphatic carbocycles. The van der Waals surface area contributed by atoms with Gasteiger partial charge in [-0.2, -0.15) is 0 Å². The van der Waals surface area contributed by atoms with Crippen molar-refractivity contribution in [3.8, 4) is 0 Å². The molecular formula is C19H28N4O3. The van der Waals surface area contributed by atoms with E-state index in [1.165, 1.54) is 6.26 Å². The molecule has 142 valence electrons. The standard InChI is InChI=1S/C19H28N4O3/c1-15(2)5-6-20-19(24)17-14-26-18(21-17)13-23-9-7-22(8-10-23)12-16-4-3-11-25-16/h3-4,11,14-15H,5-10,12-13H2,1-2H3,(H,20,24). The van der Waals surface area contributed by atoms with Gasteiger partial charge in [-0.15, -0.1) is 0 Å². The van der Waals surface area contributed by atoms with Crippen molar-refractivity contribution in [1.82, 2.24) is 20.1 Å². The predicted molar refractivity (Wildman–Crippen MR) is 97.6 cm³/mol. The first kappa shape index (κ1) is 18.7. The van der Waals surface area contributed by atoms with Gasteiger partial charge in [-0.1, -0.05) is 13.8 Å². The van der Waals surface area contributed by atoms with Crippen LogP contribution in [0.15, 0.2) is 33.5 Å². The molecule has 2 aromatic heterocycles. The average molecular weight is 360 g/mol. The molecule has 0 bridgehead atoms. The summed E-state index contributed by atoms with van der Waals surface area (Å²) in [5, 5.41) is 2.88. The quantitative estimate of drug-likeness (QED) is 0.779. The van der Waals surface area contributed by atoms with Crippen molar-refractivity contribution < 1.29 is 13.6 Å². The lowest BCUT2D eigenvalue weighted by atomic mass is 10.1. The monoisotopic (exact) mass is 360 g/mol. The maximum atomic E-state index is 12.1. The molecule has 1 amide bonds. The molecule has 0 unspecified atom stereocenters. The van der Waals surface area contributed by atoms with E-state index in [9.17, 15) is 4.79 Å². The van der Waals surface area contributed by atoms with Crippen LogP contribution in [0.25, 0.3) is 0 Å². The van der Waals surface area contributed by atoms with Crippen molar-refractivity contribution in [2.75, 3.05) is 32.7 Å². The van der Waals surface area contributed by atoms with Crippen molar-refractivity contribution in [2.24, 2.45) is 5.92 Å². The van der Waals surface area contributed by atoms with Gasteiger partial charge in [0.05, 0.1) is 19.4 Å². The Bertz CT molecular complexity index is 673. The number of piperazine rings is 1. The number of hydrogen-bond acceptors (Lipinski definition) is 6. The number of carbonyl (C=O) groups excluding carboxylic acids is 1. The molecule has 1 saturated heterocycles. The zero-order valence-corrected chi connectivity index (χ0v) is 15.6. The first-order valence-electron chi connectivity index (χ1n) is 9.30. The van der Waals surface area contributed by atoms with Gasteiger partial charge in [0, 0.05) is 32.7 Å². The van der Waals surface area contributed by atoms with Gasteiger partial charge >= 0.3 is 0 Å². The summed E-state index contributed by atoms with van der Waals surface area (Å²) in [5.74, 6) is 2.00. The topological polar surface area (TPSA) is 74.8 Å². The molecule has 2 aromatic rings. The predicted octanol–water partition coefficient (Wildman–Crippen LogP) is 2.36. The molecular weight excluding hydrogens is 332 g/mol. The molecule has 3 heterocycles. The van der Waals surface area contributed by atoms with Crippen LogP contribution in [-0.4, -0.2) is 53.4 Å². The third kappa shape index (κ3) is 5.44. The van der Waals surface area contributed by atoms with E-state index in [4.69, 9.17) is 8.83 Å². The highest BCUT2D eigenvalue weighted by Crippen LogP contribution is 2.12. The number of oxazole rings is 1. The molecule has 1 fully saturated rings. The molecule has 0 radical (unpaired) electrons. The van der Waals surface area contributed by atoms with E-state index in [0.29, 0.717) is 30.6 Å². The Kier molecular flexibility index (Phi) is 6.46. The second-order valence-electron chi connectivity index (χ2n) is 7.20. The van der Waals surface area contributed by atoms with Crippen LogP contribution in [0.4, 0.5) is 0 Å². The second kappa shape index (κ2) is 9.00. The summed E-state index contributed by atoms with van der Waals surface area (Å²) in [7, 11) is 0. The van der Waals surface area contributed by atoms with Gasteiger partial charge in [0.25, 0.3) is 5.91 Å². The summed E-state index contributed by atoms with van der Waals surface area (Å²) in [6.07, 6.45) is 4.12. The van der Waals surface area contributed by atoms with Crippen LogP contribution in [0.2, 0.25) is 0 Å². The maximum Gasteiger partial charge on any atom is 0.273 e. The van der Waals surface area contributed by atoms with Crippen LogP contribution in [0.3, 0.4) is 0 Å². The summed E-state index contributed by atoms with van der Waals surface area (Å²) in [5.41, 5.74) is 0.361. The van der Waals surface area contributed by atoms with E-state index in [2.05, 4.69) is 33.9 Å². The fourth-order valence-corrected chi connectivity index (χ4v) is 2.97. The van der Waals surface area contributed by atoms with Gasteiger partial charge in [0.2, 0.25) is 5.89 Å². The molecule has 0 saturated carbocycles. The highest BCUT2D eigenvalue weighted by Gasteiger charge is 2.20. The Hall–Kier alpha value is -2.12. The van der Waals surface area contributed by atoms with E-state index in [-0.39, 0.29) is 5.91 Å². The number of amides is 1.